The van der Waals surface area contributed by atoms with Crippen molar-refractivity contribution in [3.8, 4) is 17.2 Å². The summed E-state index contributed by atoms with van der Waals surface area (Å²) in [7, 11) is -4.10. The summed E-state index contributed by atoms with van der Waals surface area (Å²) in [6.45, 7) is 2.67. The zero-order valence-electron chi connectivity index (χ0n) is 14.1. The Morgan fingerprint density at radius 1 is 1.04 bits per heavy atom. The smallest absolute Gasteiger partial charge is 0.416 e. The largest absolute Gasteiger partial charge is 0.457 e. The molecule has 2 aromatic carbocycles. The summed E-state index contributed by atoms with van der Waals surface area (Å²) < 4.78 is 71.6. The molecule has 0 amide bonds. The van der Waals surface area contributed by atoms with E-state index in [1.807, 2.05) is 0 Å². The van der Waals surface area contributed by atoms with Gasteiger partial charge >= 0.3 is 22.0 Å². The molecule has 2 rings (SSSR count). The number of benzene rings is 2. The third kappa shape index (κ3) is 5.09. The molecule has 0 aromatic heterocycles. The van der Waals surface area contributed by atoms with E-state index >= 15 is 0 Å². The molecule has 0 aliphatic rings. The molecule has 0 saturated carbocycles. The molecule has 27 heavy (non-hydrogen) atoms. The summed E-state index contributed by atoms with van der Waals surface area (Å²) in [5.41, 5.74) is -1.47. The third-order valence-electron chi connectivity index (χ3n) is 3.33. The monoisotopic (exact) mass is 405 g/mol. The first-order valence-corrected chi connectivity index (χ1v) is 8.94. The number of ether oxygens (including phenoxy) is 1. The maximum absolute atomic E-state index is 12.6. The zero-order chi connectivity index (χ0) is 20.4. The van der Waals surface area contributed by atoms with Crippen molar-refractivity contribution in [3.63, 3.8) is 0 Å². The van der Waals surface area contributed by atoms with Crippen LogP contribution in [0, 0.1) is 10.1 Å². The van der Waals surface area contributed by atoms with Crippen LogP contribution in [-0.4, -0.2) is 18.6 Å². The molecule has 0 radical (unpaired) electrons. The van der Waals surface area contributed by atoms with Crippen LogP contribution >= 0.6 is 0 Å². The van der Waals surface area contributed by atoms with Gasteiger partial charge in [-0.3, -0.25) is 10.1 Å². The van der Waals surface area contributed by atoms with Crippen LogP contribution in [0.3, 0.4) is 0 Å². The summed E-state index contributed by atoms with van der Waals surface area (Å²) in [5.74, 6) is -0.582. The number of nitro groups is 1. The van der Waals surface area contributed by atoms with Crippen molar-refractivity contribution in [2.75, 3.05) is 0 Å². The fraction of sp³-hybridized carbons (Fsp3) is 0.250. The average molecular weight is 405 g/mol. The van der Waals surface area contributed by atoms with Crippen LogP contribution in [0.2, 0.25) is 0 Å². The Kier molecular flexibility index (Phi) is 5.64. The van der Waals surface area contributed by atoms with Crippen molar-refractivity contribution in [1.29, 1.82) is 0 Å². The minimum atomic E-state index is -4.50. The Bertz CT molecular complexity index is 940. The summed E-state index contributed by atoms with van der Waals surface area (Å²) in [5, 5.41) is 10.1. The Morgan fingerprint density at radius 3 is 2.07 bits per heavy atom. The van der Waals surface area contributed by atoms with Crippen LogP contribution in [0.1, 0.15) is 19.4 Å². The van der Waals surface area contributed by atoms with Gasteiger partial charge in [-0.2, -0.15) is 21.6 Å². The van der Waals surface area contributed by atoms with Gasteiger partial charge in [0, 0.05) is 12.1 Å². The summed E-state index contributed by atoms with van der Waals surface area (Å²) >= 11 is 0. The van der Waals surface area contributed by atoms with Crippen LogP contribution < -0.4 is 8.92 Å². The molecular formula is C16H14F3NO6S. The molecule has 0 bridgehead atoms. The van der Waals surface area contributed by atoms with Gasteiger partial charge in [0.25, 0.3) is 0 Å². The molecule has 0 atom stereocenters. The van der Waals surface area contributed by atoms with Gasteiger partial charge in [0.2, 0.25) is 5.75 Å². The lowest BCUT2D eigenvalue weighted by atomic mass is 10.2. The fourth-order valence-corrected chi connectivity index (χ4v) is 2.42. The van der Waals surface area contributed by atoms with Crippen LogP contribution in [-0.2, 0) is 16.3 Å². The van der Waals surface area contributed by atoms with E-state index in [0.29, 0.717) is 0 Å². The van der Waals surface area contributed by atoms with Gasteiger partial charge in [-0.05, 0) is 44.2 Å². The number of hydrogen-bond acceptors (Lipinski definition) is 6. The molecule has 0 heterocycles. The van der Waals surface area contributed by atoms with Crippen LogP contribution in [0.5, 0.6) is 17.2 Å². The second kappa shape index (κ2) is 7.43. The molecule has 0 N–H and O–H groups in total. The topological polar surface area (TPSA) is 95.7 Å². The molecule has 0 aliphatic heterocycles. The van der Waals surface area contributed by atoms with E-state index in [2.05, 4.69) is 0 Å². The van der Waals surface area contributed by atoms with Gasteiger partial charge in [0.1, 0.15) is 11.5 Å². The first-order chi connectivity index (χ1) is 12.4. The standard InChI is InChI=1S/C16H14F3NO6S/c1-10(2)27(23,24)26-15-9-13(7-8-14(15)20(21)22)25-12-5-3-11(4-6-12)16(17,18)19/h3-10H,1-2H3. The van der Waals surface area contributed by atoms with Gasteiger partial charge in [-0.25, -0.2) is 0 Å². The molecule has 0 unspecified atom stereocenters. The molecule has 7 nitrogen and oxygen atoms in total. The van der Waals surface area contributed by atoms with E-state index < -0.39 is 43.5 Å². The van der Waals surface area contributed by atoms with E-state index in [1.54, 1.807) is 0 Å². The summed E-state index contributed by atoms with van der Waals surface area (Å²) in [6.07, 6.45) is -4.50. The number of hydrogen-bond donors (Lipinski definition) is 0. The Balaban J connectivity index is 2.33. The lowest BCUT2D eigenvalue weighted by molar-refractivity contribution is -0.385. The second-order valence-electron chi connectivity index (χ2n) is 5.64. The third-order valence-corrected chi connectivity index (χ3v) is 4.90. The first-order valence-electron chi connectivity index (χ1n) is 7.47. The average Bonchev–Trinajstić information content (AvgIpc) is 2.54. The first kappa shape index (κ1) is 20.5. The highest BCUT2D eigenvalue weighted by Gasteiger charge is 2.30. The van der Waals surface area contributed by atoms with Gasteiger partial charge in [-0.1, -0.05) is 0 Å². The van der Waals surface area contributed by atoms with Gasteiger partial charge in [0.15, 0.2) is 0 Å². The molecule has 0 fully saturated rings. The second-order valence-corrected chi connectivity index (χ2v) is 7.73. The van der Waals surface area contributed by atoms with Crippen molar-refractivity contribution >= 4 is 15.8 Å². The quantitative estimate of drug-likeness (QED) is 0.398. The summed E-state index contributed by atoms with van der Waals surface area (Å²) in [4.78, 5) is 10.2. The molecular weight excluding hydrogens is 391 g/mol. The van der Waals surface area contributed by atoms with Crippen molar-refractivity contribution in [2.45, 2.75) is 25.3 Å². The molecule has 0 aliphatic carbocycles. The zero-order valence-corrected chi connectivity index (χ0v) is 14.9. The minimum absolute atomic E-state index is 0.0227. The Labute approximate surface area is 152 Å². The van der Waals surface area contributed by atoms with Crippen LogP contribution in [0.25, 0.3) is 0 Å². The maximum Gasteiger partial charge on any atom is 0.416 e. The SMILES string of the molecule is CC(C)S(=O)(=O)Oc1cc(Oc2ccc(C(F)(F)F)cc2)ccc1[N+](=O)[O-]. The van der Waals surface area contributed by atoms with Crippen molar-refractivity contribution < 1.29 is 35.4 Å². The number of rotatable bonds is 6. The Hall–Kier alpha value is -2.82. The number of nitrogens with zero attached hydrogens (tertiary/aromatic N) is 1. The number of halogens is 3. The predicted molar refractivity (Wildman–Crippen MR) is 89.3 cm³/mol. The van der Waals surface area contributed by atoms with Gasteiger partial charge in [0.05, 0.1) is 15.7 Å². The van der Waals surface area contributed by atoms with Gasteiger partial charge < -0.3 is 8.92 Å². The minimum Gasteiger partial charge on any atom is -0.457 e. The highest BCUT2D eigenvalue weighted by atomic mass is 32.2. The predicted octanol–water partition coefficient (Wildman–Crippen LogP) is 4.52. The molecule has 11 heteroatoms. The van der Waals surface area contributed by atoms with E-state index in [9.17, 15) is 31.7 Å². The molecule has 0 saturated heterocycles. The summed E-state index contributed by atoms with van der Waals surface area (Å²) in [6, 6.07) is 6.87. The molecule has 0 spiro atoms. The van der Waals surface area contributed by atoms with Crippen molar-refractivity contribution in [3.05, 3.63) is 58.1 Å². The Morgan fingerprint density at radius 2 is 1.59 bits per heavy atom. The molecule has 2 aromatic rings. The number of nitro benzene ring substituents is 1. The molecule has 146 valence electrons. The van der Waals surface area contributed by atoms with E-state index in [0.717, 1.165) is 36.4 Å². The van der Waals surface area contributed by atoms with Crippen molar-refractivity contribution in [2.24, 2.45) is 0 Å². The lowest BCUT2D eigenvalue weighted by Crippen LogP contribution is -2.20. The fourth-order valence-electron chi connectivity index (χ4n) is 1.84. The van der Waals surface area contributed by atoms with Crippen LogP contribution in [0.15, 0.2) is 42.5 Å². The maximum atomic E-state index is 12.6. The number of alkyl halides is 3. The van der Waals surface area contributed by atoms with E-state index in [-0.39, 0.29) is 11.5 Å². The lowest BCUT2D eigenvalue weighted by Gasteiger charge is -2.12. The van der Waals surface area contributed by atoms with E-state index in [1.165, 1.54) is 19.9 Å². The highest BCUT2D eigenvalue weighted by molar-refractivity contribution is 7.87. The van der Waals surface area contributed by atoms with Gasteiger partial charge in [-0.15, -0.1) is 0 Å². The van der Waals surface area contributed by atoms with Crippen molar-refractivity contribution in [1.82, 2.24) is 0 Å². The normalized spacial score (nSPS) is 12.1. The van der Waals surface area contributed by atoms with Crippen LogP contribution in [0.4, 0.5) is 18.9 Å². The highest BCUT2D eigenvalue weighted by Crippen LogP contribution is 2.35. The van der Waals surface area contributed by atoms with E-state index in [4.69, 9.17) is 8.92 Å².